The molecule has 2 rings (SSSR count). The van der Waals surface area contributed by atoms with Gasteiger partial charge >= 0.3 is 0 Å². The number of carbonyl (C=O) groups is 1. The van der Waals surface area contributed by atoms with Gasteiger partial charge < -0.3 is 14.1 Å². The van der Waals surface area contributed by atoms with Crippen molar-refractivity contribution >= 4 is 17.3 Å². The van der Waals surface area contributed by atoms with Gasteiger partial charge in [-0.2, -0.15) is 0 Å². The lowest BCUT2D eigenvalue weighted by Crippen LogP contribution is -1.94. The van der Waals surface area contributed by atoms with Crippen LogP contribution in [0.25, 0.3) is 11.0 Å². The topological polar surface area (TPSA) is 52.3 Å². The van der Waals surface area contributed by atoms with E-state index in [1.54, 1.807) is 20.1 Å². The highest BCUT2D eigenvalue weighted by molar-refractivity contribution is 5.84. The van der Waals surface area contributed by atoms with E-state index in [-0.39, 0.29) is 5.92 Å². The molecular formula is C11H11NO3. The Morgan fingerprint density at radius 1 is 1.53 bits per heavy atom. The zero-order valence-electron chi connectivity index (χ0n) is 8.56. The lowest BCUT2D eigenvalue weighted by atomic mass is 10.1. The van der Waals surface area contributed by atoms with E-state index in [0.717, 1.165) is 11.7 Å². The highest BCUT2D eigenvalue weighted by atomic mass is 16.5. The van der Waals surface area contributed by atoms with Gasteiger partial charge in [-0.1, -0.05) is 5.16 Å². The van der Waals surface area contributed by atoms with Crippen molar-refractivity contribution in [2.45, 2.75) is 12.8 Å². The number of rotatable bonds is 3. The van der Waals surface area contributed by atoms with Crippen LogP contribution in [0, 0.1) is 0 Å². The van der Waals surface area contributed by atoms with Crippen molar-refractivity contribution in [3.63, 3.8) is 0 Å². The van der Waals surface area contributed by atoms with E-state index in [0.29, 0.717) is 17.0 Å². The summed E-state index contributed by atoms with van der Waals surface area (Å²) < 4.78 is 10.2. The summed E-state index contributed by atoms with van der Waals surface area (Å²) in [5.41, 5.74) is 1.31. The van der Waals surface area contributed by atoms with E-state index in [4.69, 9.17) is 9.26 Å². The first kappa shape index (κ1) is 9.71. The van der Waals surface area contributed by atoms with Gasteiger partial charge in [0.05, 0.1) is 13.0 Å². The number of aromatic nitrogens is 1. The molecular weight excluding hydrogens is 194 g/mol. The van der Waals surface area contributed by atoms with Gasteiger partial charge in [-0.15, -0.1) is 0 Å². The molecule has 0 aliphatic carbocycles. The zero-order chi connectivity index (χ0) is 10.8. The van der Waals surface area contributed by atoms with Crippen molar-refractivity contribution < 1.29 is 14.1 Å². The summed E-state index contributed by atoms with van der Waals surface area (Å²) in [6.07, 6.45) is 0.849. The van der Waals surface area contributed by atoms with Crippen LogP contribution in [-0.4, -0.2) is 18.6 Å². The van der Waals surface area contributed by atoms with E-state index in [9.17, 15) is 4.79 Å². The van der Waals surface area contributed by atoms with Gasteiger partial charge in [-0.05, 0) is 19.1 Å². The number of methoxy groups -OCH3 is 1. The predicted molar refractivity (Wildman–Crippen MR) is 55.0 cm³/mol. The molecule has 0 aliphatic rings. The number of fused-ring (bicyclic) bond motifs is 1. The number of ether oxygens (including phenoxy) is 1. The molecule has 0 radical (unpaired) electrons. The third-order valence-electron chi connectivity index (χ3n) is 2.34. The number of carbonyl (C=O) groups excluding carboxylic acids is 1. The van der Waals surface area contributed by atoms with Crippen molar-refractivity contribution in [1.29, 1.82) is 0 Å². The minimum Gasteiger partial charge on any atom is -0.497 e. The maximum atomic E-state index is 10.7. The summed E-state index contributed by atoms with van der Waals surface area (Å²) in [6, 6.07) is 5.42. The van der Waals surface area contributed by atoms with E-state index in [1.807, 2.05) is 12.1 Å². The summed E-state index contributed by atoms with van der Waals surface area (Å²) in [7, 11) is 1.59. The number of aldehydes is 1. The molecule has 0 amide bonds. The molecule has 0 fully saturated rings. The normalized spacial score (nSPS) is 12.7. The molecule has 0 saturated heterocycles. The maximum Gasteiger partial charge on any atom is 0.170 e. The molecule has 0 bridgehead atoms. The number of nitrogens with zero attached hydrogens (tertiary/aromatic N) is 1. The van der Waals surface area contributed by atoms with Gasteiger partial charge in [0.25, 0.3) is 0 Å². The second-order valence-corrected chi connectivity index (χ2v) is 3.35. The fourth-order valence-electron chi connectivity index (χ4n) is 1.46. The third kappa shape index (κ3) is 1.58. The predicted octanol–water partition coefficient (Wildman–Crippen LogP) is 2.14. The summed E-state index contributed by atoms with van der Waals surface area (Å²) in [6.45, 7) is 1.79. The second-order valence-electron chi connectivity index (χ2n) is 3.35. The molecule has 1 aromatic heterocycles. The van der Waals surface area contributed by atoms with Crippen LogP contribution in [0.4, 0.5) is 0 Å². The number of hydrogen-bond donors (Lipinski definition) is 0. The fraction of sp³-hybridized carbons (Fsp3) is 0.273. The largest absolute Gasteiger partial charge is 0.497 e. The van der Waals surface area contributed by atoms with Crippen LogP contribution >= 0.6 is 0 Å². The average molecular weight is 205 g/mol. The fourth-order valence-corrected chi connectivity index (χ4v) is 1.46. The Morgan fingerprint density at radius 3 is 3.00 bits per heavy atom. The van der Waals surface area contributed by atoms with Crippen molar-refractivity contribution in [1.82, 2.24) is 5.16 Å². The highest BCUT2D eigenvalue weighted by Crippen LogP contribution is 2.26. The molecule has 2 aromatic rings. The summed E-state index contributed by atoms with van der Waals surface area (Å²) in [5, 5.41) is 4.74. The van der Waals surface area contributed by atoms with Crippen molar-refractivity contribution in [2.75, 3.05) is 7.11 Å². The first-order valence-electron chi connectivity index (χ1n) is 4.65. The van der Waals surface area contributed by atoms with Crippen LogP contribution in [-0.2, 0) is 4.79 Å². The van der Waals surface area contributed by atoms with Gasteiger partial charge in [-0.3, -0.25) is 0 Å². The van der Waals surface area contributed by atoms with Crippen molar-refractivity contribution in [3.05, 3.63) is 23.9 Å². The lowest BCUT2D eigenvalue weighted by Gasteiger charge is -1.99. The second kappa shape index (κ2) is 3.73. The molecule has 0 N–H and O–H groups in total. The molecule has 1 atom stereocenters. The third-order valence-corrected chi connectivity index (χ3v) is 2.34. The Morgan fingerprint density at radius 2 is 2.33 bits per heavy atom. The number of benzene rings is 1. The van der Waals surface area contributed by atoms with Crippen LogP contribution in [0.1, 0.15) is 18.5 Å². The van der Waals surface area contributed by atoms with Crippen LogP contribution in [0.5, 0.6) is 5.75 Å². The Kier molecular flexibility index (Phi) is 2.41. The molecule has 0 spiro atoms. The van der Waals surface area contributed by atoms with Crippen LogP contribution < -0.4 is 4.74 Å². The first-order valence-corrected chi connectivity index (χ1v) is 4.65. The van der Waals surface area contributed by atoms with Crippen LogP contribution in [0.2, 0.25) is 0 Å². The molecule has 1 unspecified atom stereocenters. The molecule has 4 heteroatoms. The minimum atomic E-state index is -0.250. The highest BCUT2D eigenvalue weighted by Gasteiger charge is 2.14. The quantitative estimate of drug-likeness (QED) is 0.720. The molecule has 78 valence electrons. The first-order chi connectivity index (χ1) is 7.26. The van der Waals surface area contributed by atoms with Gasteiger partial charge in [-0.25, -0.2) is 0 Å². The van der Waals surface area contributed by atoms with Gasteiger partial charge in [0.1, 0.15) is 17.7 Å². The van der Waals surface area contributed by atoms with E-state index < -0.39 is 0 Å². The number of hydrogen-bond acceptors (Lipinski definition) is 4. The smallest absolute Gasteiger partial charge is 0.170 e. The molecule has 15 heavy (non-hydrogen) atoms. The van der Waals surface area contributed by atoms with Crippen LogP contribution in [0.3, 0.4) is 0 Å². The van der Waals surface area contributed by atoms with E-state index in [2.05, 4.69) is 5.16 Å². The molecule has 0 saturated carbocycles. The van der Waals surface area contributed by atoms with Crippen LogP contribution in [0.15, 0.2) is 22.7 Å². The van der Waals surface area contributed by atoms with E-state index in [1.165, 1.54) is 0 Å². The SMILES string of the molecule is COc1ccc2c(C(C)C=O)noc2c1. The van der Waals surface area contributed by atoms with Gasteiger partial charge in [0.2, 0.25) is 0 Å². The standard InChI is InChI=1S/C11H11NO3/c1-7(6-13)11-9-4-3-8(14-2)5-10(9)15-12-11/h3-7H,1-2H3. The molecule has 0 aliphatic heterocycles. The molecule has 1 aromatic carbocycles. The monoisotopic (exact) mass is 205 g/mol. The maximum absolute atomic E-state index is 10.7. The lowest BCUT2D eigenvalue weighted by molar-refractivity contribution is -0.108. The molecule has 1 heterocycles. The Labute approximate surface area is 86.8 Å². The van der Waals surface area contributed by atoms with Crippen molar-refractivity contribution in [3.8, 4) is 5.75 Å². The van der Waals surface area contributed by atoms with Crippen molar-refractivity contribution in [2.24, 2.45) is 0 Å². The van der Waals surface area contributed by atoms with Gasteiger partial charge in [0.15, 0.2) is 5.58 Å². The molecule has 4 nitrogen and oxygen atoms in total. The van der Waals surface area contributed by atoms with Gasteiger partial charge in [0, 0.05) is 11.5 Å². The Balaban J connectivity index is 2.56. The zero-order valence-corrected chi connectivity index (χ0v) is 8.56. The summed E-state index contributed by atoms with van der Waals surface area (Å²) in [5.74, 6) is 0.462. The average Bonchev–Trinajstić information content (AvgIpc) is 2.70. The Bertz CT molecular complexity index is 490. The minimum absolute atomic E-state index is 0.250. The van der Waals surface area contributed by atoms with E-state index >= 15 is 0 Å². The summed E-state index contributed by atoms with van der Waals surface area (Å²) in [4.78, 5) is 10.7. The summed E-state index contributed by atoms with van der Waals surface area (Å²) >= 11 is 0. The Hall–Kier alpha value is -1.84.